The molecule has 0 saturated carbocycles. The maximum atomic E-state index is 13.7. The Morgan fingerprint density at radius 1 is 0.952 bits per heavy atom. The number of carbonyl (C=O) groups excluding carboxylic acids is 1. The van der Waals surface area contributed by atoms with Crippen molar-refractivity contribution in [2.24, 2.45) is 0 Å². The molecule has 2 aromatic rings. The molecule has 110 valence electrons. The van der Waals surface area contributed by atoms with Crippen LogP contribution in [0.5, 0.6) is 0 Å². The summed E-state index contributed by atoms with van der Waals surface area (Å²) in [5.41, 5.74) is -2.68. The van der Waals surface area contributed by atoms with Crippen LogP contribution in [0.2, 0.25) is 0 Å². The quantitative estimate of drug-likeness (QED) is 0.417. The maximum absolute atomic E-state index is 13.7. The second-order valence-corrected chi connectivity index (χ2v) is 4.97. The fourth-order valence-electron chi connectivity index (χ4n) is 1.77. The van der Waals surface area contributed by atoms with E-state index in [4.69, 9.17) is 0 Å². The lowest BCUT2D eigenvalue weighted by Gasteiger charge is -2.12. The average Bonchev–Trinajstić information content (AvgIpc) is 2.41. The maximum Gasteiger partial charge on any atom is 0.417 e. The van der Waals surface area contributed by atoms with Crippen LogP contribution in [0.15, 0.2) is 40.9 Å². The zero-order chi connectivity index (χ0) is 15.8. The van der Waals surface area contributed by atoms with Gasteiger partial charge in [-0.2, -0.15) is 13.2 Å². The van der Waals surface area contributed by atoms with Crippen molar-refractivity contribution < 1.29 is 26.7 Å². The molecular weight excluding hydrogens is 359 g/mol. The van der Waals surface area contributed by atoms with Gasteiger partial charge in [0.2, 0.25) is 0 Å². The highest BCUT2D eigenvalue weighted by Crippen LogP contribution is 2.33. The molecule has 0 N–H and O–H groups in total. The van der Waals surface area contributed by atoms with E-state index >= 15 is 0 Å². The Morgan fingerprint density at radius 2 is 1.57 bits per heavy atom. The van der Waals surface area contributed by atoms with Crippen LogP contribution in [0.1, 0.15) is 21.5 Å². The molecule has 0 saturated heterocycles. The van der Waals surface area contributed by atoms with Crippen molar-refractivity contribution in [3.05, 3.63) is 69.2 Å². The van der Waals surface area contributed by atoms with Gasteiger partial charge in [-0.1, -0.05) is 18.2 Å². The predicted octanol–water partition coefficient (Wildman–Crippen LogP) is 4.98. The average molecular weight is 365 g/mol. The van der Waals surface area contributed by atoms with Gasteiger partial charge in [0.15, 0.2) is 5.78 Å². The Morgan fingerprint density at radius 3 is 2.19 bits per heavy atom. The Bertz CT molecular complexity index is 709. The standard InChI is InChI=1S/C14H6BrF5O/c15-10-6-11(16)8(5-12(10)17)13(21)7-3-1-2-4-9(7)14(18,19)20/h1-6H. The number of carbonyl (C=O) groups is 1. The zero-order valence-corrected chi connectivity index (χ0v) is 11.7. The molecule has 0 radical (unpaired) electrons. The zero-order valence-electron chi connectivity index (χ0n) is 10.1. The summed E-state index contributed by atoms with van der Waals surface area (Å²) in [5, 5.41) is 0. The molecule has 0 aliphatic heterocycles. The second-order valence-electron chi connectivity index (χ2n) is 4.12. The van der Waals surface area contributed by atoms with Gasteiger partial charge in [-0.05, 0) is 34.1 Å². The molecule has 0 spiro atoms. The van der Waals surface area contributed by atoms with Gasteiger partial charge in [0.25, 0.3) is 0 Å². The number of ketones is 1. The monoisotopic (exact) mass is 364 g/mol. The third-order valence-corrected chi connectivity index (χ3v) is 3.34. The number of benzene rings is 2. The van der Waals surface area contributed by atoms with Crippen molar-refractivity contribution in [2.75, 3.05) is 0 Å². The lowest BCUT2D eigenvalue weighted by Crippen LogP contribution is -2.14. The van der Waals surface area contributed by atoms with Gasteiger partial charge in [0, 0.05) is 5.56 Å². The highest BCUT2D eigenvalue weighted by atomic mass is 79.9. The minimum absolute atomic E-state index is 0.222. The van der Waals surface area contributed by atoms with E-state index in [9.17, 15) is 26.7 Å². The highest BCUT2D eigenvalue weighted by molar-refractivity contribution is 9.10. The minimum atomic E-state index is -4.77. The van der Waals surface area contributed by atoms with E-state index in [0.29, 0.717) is 18.2 Å². The van der Waals surface area contributed by atoms with Crippen LogP contribution in [-0.2, 0) is 6.18 Å². The van der Waals surface area contributed by atoms with Crippen LogP contribution in [0.3, 0.4) is 0 Å². The minimum Gasteiger partial charge on any atom is -0.288 e. The van der Waals surface area contributed by atoms with Gasteiger partial charge in [0.1, 0.15) is 11.6 Å². The molecule has 0 bridgehead atoms. The Balaban J connectivity index is 2.59. The van der Waals surface area contributed by atoms with Gasteiger partial charge < -0.3 is 0 Å². The molecule has 21 heavy (non-hydrogen) atoms. The van der Waals surface area contributed by atoms with Gasteiger partial charge in [0.05, 0.1) is 15.6 Å². The molecule has 7 heteroatoms. The van der Waals surface area contributed by atoms with E-state index < -0.39 is 40.3 Å². The molecule has 0 aromatic heterocycles. The lowest BCUT2D eigenvalue weighted by atomic mass is 9.97. The van der Waals surface area contributed by atoms with Gasteiger partial charge in [-0.3, -0.25) is 4.79 Å². The van der Waals surface area contributed by atoms with Crippen molar-refractivity contribution in [2.45, 2.75) is 6.18 Å². The third kappa shape index (κ3) is 3.12. The highest BCUT2D eigenvalue weighted by Gasteiger charge is 2.35. The molecule has 0 amide bonds. The van der Waals surface area contributed by atoms with E-state index in [1.54, 1.807) is 0 Å². The van der Waals surface area contributed by atoms with Gasteiger partial charge >= 0.3 is 6.18 Å². The van der Waals surface area contributed by atoms with Crippen LogP contribution in [-0.4, -0.2) is 5.78 Å². The van der Waals surface area contributed by atoms with Crippen LogP contribution < -0.4 is 0 Å². The first kappa shape index (κ1) is 15.6. The summed E-state index contributed by atoms with van der Waals surface area (Å²) in [4.78, 5) is 12.1. The molecule has 0 aliphatic rings. The van der Waals surface area contributed by atoms with Crippen molar-refractivity contribution in [3.8, 4) is 0 Å². The van der Waals surface area contributed by atoms with E-state index in [-0.39, 0.29) is 4.47 Å². The first-order valence-corrected chi connectivity index (χ1v) is 6.36. The molecule has 2 aromatic carbocycles. The van der Waals surface area contributed by atoms with E-state index in [2.05, 4.69) is 15.9 Å². The largest absolute Gasteiger partial charge is 0.417 e. The summed E-state index contributed by atoms with van der Waals surface area (Å²) in [6.45, 7) is 0. The smallest absolute Gasteiger partial charge is 0.288 e. The molecule has 0 unspecified atom stereocenters. The summed E-state index contributed by atoms with van der Waals surface area (Å²) in [6.07, 6.45) is -4.77. The molecule has 0 aliphatic carbocycles. The first-order valence-electron chi connectivity index (χ1n) is 5.57. The van der Waals surface area contributed by atoms with E-state index in [0.717, 1.165) is 12.1 Å². The van der Waals surface area contributed by atoms with Crippen molar-refractivity contribution in [3.63, 3.8) is 0 Å². The van der Waals surface area contributed by atoms with Gasteiger partial charge in [-0.15, -0.1) is 0 Å². The SMILES string of the molecule is O=C(c1cc(F)c(Br)cc1F)c1ccccc1C(F)(F)F. The van der Waals surface area contributed by atoms with Gasteiger partial charge in [-0.25, -0.2) is 8.78 Å². The van der Waals surface area contributed by atoms with Crippen LogP contribution >= 0.6 is 15.9 Å². The Hall–Kier alpha value is -1.76. The number of hydrogen-bond acceptors (Lipinski definition) is 1. The third-order valence-electron chi connectivity index (χ3n) is 2.73. The van der Waals surface area contributed by atoms with Crippen LogP contribution in [0.4, 0.5) is 22.0 Å². The number of hydrogen-bond donors (Lipinski definition) is 0. The van der Waals surface area contributed by atoms with Crippen molar-refractivity contribution >= 4 is 21.7 Å². The number of alkyl halides is 3. The molecule has 0 heterocycles. The molecule has 2 rings (SSSR count). The summed E-state index contributed by atoms with van der Waals surface area (Å²) in [6, 6.07) is 5.21. The predicted molar refractivity (Wildman–Crippen MR) is 68.9 cm³/mol. The molecule has 0 fully saturated rings. The Kier molecular flexibility index (Phi) is 4.13. The summed E-state index contributed by atoms with van der Waals surface area (Å²) >= 11 is 2.73. The van der Waals surface area contributed by atoms with Crippen molar-refractivity contribution in [1.82, 2.24) is 0 Å². The van der Waals surface area contributed by atoms with Crippen LogP contribution in [0, 0.1) is 11.6 Å². The molecule has 0 atom stereocenters. The normalized spacial score (nSPS) is 11.5. The lowest BCUT2D eigenvalue weighted by molar-refractivity contribution is -0.137. The van der Waals surface area contributed by atoms with Crippen LogP contribution in [0.25, 0.3) is 0 Å². The Labute approximate surface area is 124 Å². The topological polar surface area (TPSA) is 17.1 Å². The summed E-state index contributed by atoms with van der Waals surface area (Å²) in [5.74, 6) is -3.28. The number of rotatable bonds is 2. The summed E-state index contributed by atoms with van der Waals surface area (Å²) in [7, 11) is 0. The molecule has 1 nitrogen and oxygen atoms in total. The second kappa shape index (κ2) is 5.55. The fourth-order valence-corrected chi connectivity index (χ4v) is 2.09. The fraction of sp³-hybridized carbons (Fsp3) is 0.0714. The first-order chi connectivity index (χ1) is 9.71. The van der Waals surface area contributed by atoms with Crippen molar-refractivity contribution in [1.29, 1.82) is 0 Å². The number of halogens is 6. The van der Waals surface area contributed by atoms with E-state index in [1.807, 2.05) is 0 Å². The molecular formula is C14H6BrF5O. The van der Waals surface area contributed by atoms with E-state index in [1.165, 1.54) is 6.07 Å². The summed E-state index contributed by atoms with van der Waals surface area (Å²) < 4.78 is 65.4.